The van der Waals surface area contributed by atoms with Crippen molar-refractivity contribution in [3.63, 3.8) is 0 Å². The number of rotatable bonds is 6. The molecule has 0 bridgehead atoms. The van der Waals surface area contributed by atoms with Crippen molar-refractivity contribution in [1.82, 2.24) is 4.90 Å². The molecule has 1 unspecified atom stereocenters. The number of hydrogen-bond acceptors (Lipinski definition) is 2. The lowest BCUT2D eigenvalue weighted by Crippen LogP contribution is -2.42. The summed E-state index contributed by atoms with van der Waals surface area (Å²) in [7, 11) is 0. The van der Waals surface area contributed by atoms with Crippen LogP contribution in [-0.4, -0.2) is 29.6 Å². The minimum absolute atomic E-state index is 0.247. The van der Waals surface area contributed by atoms with Crippen LogP contribution in [0, 0.1) is 11.7 Å². The van der Waals surface area contributed by atoms with Gasteiger partial charge in [0.15, 0.2) is 0 Å². The summed E-state index contributed by atoms with van der Waals surface area (Å²) in [5.74, 6) is 0.475. The standard InChI is InChI=1S/C21H28FNO/c22-20-11-9-19(10-12-20)21(24)13-16-23(17-14-21)15-5-4-8-18-6-2-1-3-7-18/h1-3,6,9-12,18,24H,4-5,7-8,13-17H2. The molecule has 24 heavy (non-hydrogen) atoms. The quantitative estimate of drug-likeness (QED) is 0.781. The maximum absolute atomic E-state index is 13.1. The Hall–Kier alpha value is -1.45. The van der Waals surface area contributed by atoms with Gasteiger partial charge < -0.3 is 10.0 Å². The molecule has 2 aliphatic rings. The van der Waals surface area contributed by atoms with Gasteiger partial charge in [-0.05, 0) is 62.3 Å². The first-order valence-corrected chi connectivity index (χ1v) is 9.20. The molecule has 0 saturated carbocycles. The third-order valence-electron chi connectivity index (χ3n) is 5.43. The summed E-state index contributed by atoms with van der Waals surface area (Å²) in [5, 5.41) is 10.8. The van der Waals surface area contributed by atoms with E-state index in [2.05, 4.69) is 29.2 Å². The normalized spacial score (nSPS) is 23.5. The molecule has 1 saturated heterocycles. The van der Waals surface area contributed by atoms with Crippen LogP contribution in [0.15, 0.2) is 48.6 Å². The maximum atomic E-state index is 13.1. The highest BCUT2D eigenvalue weighted by atomic mass is 19.1. The SMILES string of the molecule is OC1(c2ccc(F)cc2)CCN(CCCCC2C=CC=CC2)CC1. The van der Waals surface area contributed by atoms with Gasteiger partial charge in [-0.2, -0.15) is 0 Å². The first kappa shape index (κ1) is 17.4. The fourth-order valence-electron chi connectivity index (χ4n) is 3.78. The van der Waals surface area contributed by atoms with Crippen LogP contribution in [0.4, 0.5) is 4.39 Å². The molecule has 0 amide bonds. The number of nitrogens with zero attached hydrogens (tertiary/aromatic N) is 1. The Morgan fingerprint density at radius 1 is 1.08 bits per heavy atom. The lowest BCUT2D eigenvalue weighted by atomic mass is 9.84. The molecular weight excluding hydrogens is 301 g/mol. The van der Waals surface area contributed by atoms with Gasteiger partial charge in [0.05, 0.1) is 5.60 Å². The minimum atomic E-state index is -0.788. The minimum Gasteiger partial charge on any atom is -0.385 e. The van der Waals surface area contributed by atoms with E-state index < -0.39 is 5.60 Å². The molecule has 2 nitrogen and oxygen atoms in total. The highest BCUT2D eigenvalue weighted by Gasteiger charge is 2.33. The van der Waals surface area contributed by atoms with Crippen LogP contribution in [0.3, 0.4) is 0 Å². The first-order valence-electron chi connectivity index (χ1n) is 9.20. The molecule has 1 aliphatic carbocycles. The smallest absolute Gasteiger partial charge is 0.123 e. The average molecular weight is 329 g/mol. The number of benzene rings is 1. The van der Waals surface area contributed by atoms with E-state index >= 15 is 0 Å². The predicted molar refractivity (Wildman–Crippen MR) is 96.2 cm³/mol. The molecule has 1 aliphatic heterocycles. The summed E-state index contributed by atoms with van der Waals surface area (Å²) >= 11 is 0. The molecule has 1 heterocycles. The van der Waals surface area contributed by atoms with Crippen LogP contribution >= 0.6 is 0 Å². The summed E-state index contributed by atoms with van der Waals surface area (Å²) in [6.07, 6.45) is 15.3. The van der Waals surface area contributed by atoms with Crippen LogP contribution < -0.4 is 0 Å². The average Bonchev–Trinajstić information content (AvgIpc) is 2.62. The second kappa shape index (κ2) is 8.09. The van der Waals surface area contributed by atoms with Crippen molar-refractivity contribution in [2.45, 2.75) is 44.1 Å². The zero-order valence-corrected chi connectivity index (χ0v) is 14.3. The van der Waals surface area contributed by atoms with E-state index in [1.165, 1.54) is 37.8 Å². The molecule has 1 N–H and O–H groups in total. The third kappa shape index (κ3) is 4.55. The van der Waals surface area contributed by atoms with Crippen LogP contribution in [0.25, 0.3) is 0 Å². The van der Waals surface area contributed by atoms with E-state index in [4.69, 9.17) is 0 Å². The highest BCUT2D eigenvalue weighted by molar-refractivity contribution is 5.23. The number of unbranched alkanes of at least 4 members (excludes halogenated alkanes) is 1. The number of piperidine rings is 1. The molecule has 0 spiro atoms. The van der Waals surface area contributed by atoms with Crippen LogP contribution in [0.1, 0.15) is 44.1 Å². The van der Waals surface area contributed by atoms with Crippen LogP contribution in [0.2, 0.25) is 0 Å². The third-order valence-corrected chi connectivity index (χ3v) is 5.43. The van der Waals surface area contributed by atoms with E-state index in [1.54, 1.807) is 12.1 Å². The molecule has 130 valence electrons. The van der Waals surface area contributed by atoms with Gasteiger partial charge in [-0.25, -0.2) is 4.39 Å². The van der Waals surface area contributed by atoms with Gasteiger partial charge >= 0.3 is 0 Å². The molecule has 0 radical (unpaired) electrons. The molecule has 1 aromatic carbocycles. The zero-order valence-electron chi connectivity index (χ0n) is 14.3. The second-order valence-electron chi connectivity index (χ2n) is 7.18. The molecule has 1 atom stereocenters. The zero-order chi connectivity index (χ0) is 16.8. The maximum Gasteiger partial charge on any atom is 0.123 e. The lowest BCUT2D eigenvalue weighted by molar-refractivity contribution is -0.0261. The van der Waals surface area contributed by atoms with Gasteiger partial charge in [0.2, 0.25) is 0 Å². The highest BCUT2D eigenvalue weighted by Crippen LogP contribution is 2.33. The number of allylic oxidation sites excluding steroid dienone is 4. The monoisotopic (exact) mass is 329 g/mol. The van der Waals surface area contributed by atoms with Crippen molar-refractivity contribution in [3.8, 4) is 0 Å². The van der Waals surface area contributed by atoms with Gasteiger partial charge in [0, 0.05) is 13.1 Å². The van der Waals surface area contributed by atoms with Gasteiger partial charge in [-0.3, -0.25) is 0 Å². The predicted octanol–water partition coefficient (Wildman–Crippen LogP) is 4.41. The van der Waals surface area contributed by atoms with E-state index in [-0.39, 0.29) is 5.82 Å². The molecular formula is C21H28FNO. The van der Waals surface area contributed by atoms with E-state index in [1.807, 2.05) is 0 Å². The fourth-order valence-corrected chi connectivity index (χ4v) is 3.78. The number of halogens is 1. The van der Waals surface area contributed by atoms with Crippen molar-refractivity contribution in [2.24, 2.45) is 5.92 Å². The van der Waals surface area contributed by atoms with Crippen molar-refractivity contribution in [2.75, 3.05) is 19.6 Å². The summed E-state index contributed by atoms with van der Waals surface area (Å²) in [6, 6.07) is 6.32. The van der Waals surface area contributed by atoms with Crippen molar-refractivity contribution in [1.29, 1.82) is 0 Å². The number of likely N-dealkylation sites (tertiary alicyclic amines) is 1. The Kier molecular flexibility index (Phi) is 5.85. The molecule has 3 rings (SSSR count). The van der Waals surface area contributed by atoms with Gasteiger partial charge in [0.25, 0.3) is 0 Å². The molecule has 1 fully saturated rings. The summed E-state index contributed by atoms with van der Waals surface area (Å²) in [4.78, 5) is 2.45. The van der Waals surface area contributed by atoms with E-state index in [0.29, 0.717) is 0 Å². The topological polar surface area (TPSA) is 23.5 Å². The second-order valence-corrected chi connectivity index (χ2v) is 7.18. The van der Waals surface area contributed by atoms with E-state index in [0.717, 1.165) is 44.0 Å². The first-order chi connectivity index (χ1) is 11.7. The van der Waals surface area contributed by atoms with E-state index in [9.17, 15) is 9.50 Å². The van der Waals surface area contributed by atoms with Crippen molar-refractivity contribution >= 4 is 0 Å². The largest absolute Gasteiger partial charge is 0.385 e. The summed E-state index contributed by atoms with van der Waals surface area (Å²) < 4.78 is 13.1. The Morgan fingerprint density at radius 2 is 1.83 bits per heavy atom. The number of hydrogen-bond donors (Lipinski definition) is 1. The van der Waals surface area contributed by atoms with Gasteiger partial charge in [-0.15, -0.1) is 0 Å². The molecule has 1 aromatic rings. The summed E-state index contributed by atoms with van der Waals surface area (Å²) in [6.45, 7) is 2.95. The Balaban J connectivity index is 1.38. The molecule has 0 aromatic heterocycles. The Morgan fingerprint density at radius 3 is 2.50 bits per heavy atom. The van der Waals surface area contributed by atoms with Gasteiger partial charge in [-0.1, -0.05) is 42.9 Å². The fraction of sp³-hybridized carbons (Fsp3) is 0.524. The number of aliphatic hydroxyl groups is 1. The Labute approximate surface area is 144 Å². The lowest BCUT2D eigenvalue weighted by Gasteiger charge is -2.38. The van der Waals surface area contributed by atoms with Crippen LogP contribution in [-0.2, 0) is 5.60 Å². The van der Waals surface area contributed by atoms with Crippen LogP contribution in [0.5, 0.6) is 0 Å². The Bertz CT molecular complexity index is 570. The molecule has 3 heteroatoms. The summed E-state index contributed by atoms with van der Waals surface area (Å²) in [5.41, 5.74) is 0.0596. The van der Waals surface area contributed by atoms with Crippen molar-refractivity contribution in [3.05, 3.63) is 60.0 Å². The van der Waals surface area contributed by atoms with Crippen molar-refractivity contribution < 1.29 is 9.50 Å². The van der Waals surface area contributed by atoms with Gasteiger partial charge in [0.1, 0.15) is 5.82 Å².